The summed E-state index contributed by atoms with van der Waals surface area (Å²) in [7, 11) is 3.91. The molecule has 39 heavy (non-hydrogen) atoms. The SMILES string of the molecule is CCN(c1cc(COCO)cc(C(=O)NCc2c(C)cc(C)[nH]c2=O)c1C)C1CCC(N(C)CCOC)CC1. The number of nitrogens with zero attached hydrogens (tertiary/aromatic N) is 2. The van der Waals surface area contributed by atoms with Gasteiger partial charge < -0.3 is 34.7 Å². The number of aromatic nitrogens is 1. The van der Waals surface area contributed by atoms with E-state index >= 15 is 0 Å². The molecule has 0 spiro atoms. The van der Waals surface area contributed by atoms with Crippen molar-refractivity contribution in [2.24, 2.45) is 0 Å². The standard InChI is InChI=1S/C30H46N4O5/c1-7-34(25-10-8-24(9-11-25)33(5)12-13-38-6)28-16-23(18-39-19-35)15-26(22(28)4)29(36)31-17-27-20(2)14-21(3)32-30(27)37/h14-16,24-25,35H,7-13,17-19H2,1-6H3,(H,31,36)(H,32,37). The van der Waals surface area contributed by atoms with Gasteiger partial charge in [0.1, 0.15) is 6.79 Å². The Bertz CT molecular complexity index is 1160. The van der Waals surface area contributed by atoms with Crippen molar-refractivity contribution in [3.63, 3.8) is 0 Å². The number of hydrogen-bond donors (Lipinski definition) is 3. The van der Waals surface area contributed by atoms with Gasteiger partial charge in [0.05, 0.1) is 13.2 Å². The second-order valence-corrected chi connectivity index (χ2v) is 10.6. The number of amides is 1. The predicted molar refractivity (Wildman–Crippen MR) is 154 cm³/mol. The lowest BCUT2D eigenvalue weighted by Crippen LogP contribution is -2.44. The number of nitrogens with one attached hydrogen (secondary N) is 2. The fourth-order valence-electron chi connectivity index (χ4n) is 5.76. The Labute approximate surface area is 232 Å². The Hall–Kier alpha value is -2.72. The van der Waals surface area contributed by atoms with Gasteiger partial charge in [0, 0.05) is 61.3 Å². The van der Waals surface area contributed by atoms with Crippen LogP contribution in [0.15, 0.2) is 23.0 Å². The molecule has 0 saturated heterocycles. The molecule has 1 aliphatic rings. The minimum Gasteiger partial charge on any atom is -0.383 e. The van der Waals surface area contributed by atoms with E-state index in [1.54, 1.807) is 7.11 Å². The molecular formula is C30H46N4O5. The molecule has 1 heterocycles. The van der Waals surface area contributed by atoms with Gasteiger partial charge in [0.2, 0.25) is 0 Å². The van der Waals surface area contributed by atoms with Gasteiger partial charge >= 0.3 is 0 Å². The molecule has 1 saturated carbocycles. The number of aliphatic hydroxyl groups is 1. The number of aromatic amines is 1. The van der Waals surface area contributed by atoms with Gasteiger partial charge in [-0.3, -0.25) is 9.59 Å². The fraction of sp³-hybridized carbons (Fsp3) is 0.600. The maximum atomic E-state index is 13.5. The van der Waals surface area contributed by atoms with E-state index in [1.165, 1.54) is 0 Å². The van der Waals surface area contributed by atoms with Crippen LogP contribution >= 0.6 is 0 Å². The van der Waals surface area contributed by atoms with Gasteiger partial charge in [-0.25, -0.2) is 0 Å². The molecule has 9 heteroatoms. The number of hydrogen-bond acceptors (Lipinski definition) is 7. The van der Waals surface area contributed by atoms with Crippen LogP contribution in [0.3, 0.4) is 0 Å². The normalized spacial score (nSPS) is 17.4. The van der Waals surface area contributed by atoms with Crippen molar-refractivity contribution < 1.29 is 19.4 Å². The summed E-state index contributed by atoms with van der Waals surface area (Å²) >= 11 is 0. The quantitative estimate of drug-likeness (QED) is 0.333. The van der Waals surface area contributed by atoms with Crippen LogP contribution in [0.1, 0.15) is 70.9 Å². The minimum absolute atomic E-state index is 0.143. The van der Waals surface area contributed by atoms with Gasteiger partial charge in [-0.2, -0.15) is 0 Å². The fourth-order valence-corrected chi connectivity index (χ4v) is 5.76. The summed E-state index contributed by atoms with van der Waals surface area (Å²) in [5, 5.41) is 12.2. The third kappa shape index (κ3) is 7.91. The number of aryl methyl sites for hydroxylation is 2. The van der Waals surface area contributed by atoms with Crippen LogP contribution in [0, 0.1) is 20.8 Å². The Balaban J connectivity index is 1.83. The molecule has 0 radical (unpaired) electrons. The molecule has 0 bridgehead atoms. The highest BCUT2D eigenvalue weighted by atomic mass is 16.6. The average molecular weight is 543 g/mol. The number of carbonyl (C=O) groups excluding carboxylic acids is 1. The largest absolute Gasteiger partial charge is 0.383 e. The highest BCUT2D eigenvalue weighted by molar-refractivity contribution is 5.97. The third-order valence-electron chi connectivity index (χ3n) is 7.99. The van der Waals surface area contributed by atoms with E-state index in [0.717, 1.165) is 73.5 Å². The molecule has 1 aromatic heterocycles. The first-order chi connectivity index (χ1) is 18.7. The lowest BCUT2D eigenvalue weighted by molar-refractivity contribution is -0.0112. The Kier molecular flexibility index (Phi) is 11.5. The van der Waals surface area contributed by atoms with Crippen LogP contribution in [0.25, 0.3) is 0 Å². The molecule has 1 fully saturated rings. The molecule has 3 N–H and O–H groups in total. The summed E-state index contributed by atoms with van der Waals surface area (Å²) in [6.45, 7) is 10.3. The van der Waals surface area contributed by atoms with Crippen molar-refractivity contribution in [3.8, 4) is 0 Å². The Morgan fingerprint density at radius 2 is 1.82 bits per heavy atom. The van der Waals surface area contributed by atoms with Crippen LogP contribution in [0.4, 0.5) is 5.69 Å². The van der Waals surface area contributed by atoms with Gasteiger partial charge in [-0.1, -0.05) is 0 Å². The van der Waals surface area contributed by atoms with Gasteiger partial charge in [0.25, 0.3) is 11.5 Å². The van der Waals surface area contributed by atoms with E-state index in [2.05, 4.69) is 40.1 Å². The first-order valence-corrected chi connectivity index (χ1v) is 14.0. The second-order valence-electron chi connectivity index (χ2n) is 10.6. The highest BCUT2D eigenvalue weighted by Crippen LogP contribution is 2.33. The highest BCUT2D eigenvalue weighted by Gasteiger charge is 2.29. The van der Waals surface area contributed by atoms with E-state index in [0.29, 0.717) is 23.2 Å². The summed E-state index contributed by atoms with van der Waals surface area (Å²) in [6.07, 6.45) is 4.38. The Morgan fingerprint density at radius 1 is 1.13 bits per heavy atom. The molecular weight excluding hydrogens is 496 g/mol. The van der Waals surface area contributed by atoms with Crippen LogP contribution < -0.4 is 15.8 Å². The summed E-state index contributed by atoms with van der Waals surface area (Å²) in [6, 6.07) is 6.74. The lowest BCUT2D eigenvalue weighted by Gasteiger charge is -2.41. The molecule has 3 rings (SSSR count). The van der Waals surface area contributed by atoms with E-state index < -0.39 is 6.79 Å². The monoisotopic (exact) mass is 542 g/mol. The van der Waals surface area contributed by atoms with E-state index in [9.17, 15) is 14.7 Å². The van der Waals surface area contributed by atoms with E-state index in [1.807, 2.05) is 32.9 Å². The summed E-state index contributed by atoms with van der Waals surface area (Å²) in [5.41, 5.74) is 5.30. The summed E-state index contributed by atoms with van der Waals surface area (Å²) in [4.78, 5) is 33.5. The van der Waals surface area contributed by atoms with Crippen molar-refractivity contribution in [1.29, 1.82) is 0 Å². The van der Waals surface area contributed by atoms with Crippen molar-refractivity contribution in [3.05, 3.63) is 62.1 Å². The van der Waals surface area contributed by atoms with Crippen LogP contribution in [0.5, 0.6) is 0 Å². The molecule has 9 nitrogen and oxygen atoms in total. The second kappa shape index (κ2) is 14.6. The summed E-state index contributed by atoms with van der Waals surface area (Å²) in [5.74, 6) is -0.237. The summed E-state index contributed by atoms with van der Waals surface area (Å²) < 4.78 is 10.6. The topological polar surface area (TPSA) is 107 Å². The zero-order valence-corrected chi connectivity index (χ0v) is 24.4. The minimum atomic E-state index is -0.391. The van der Waals surface area contributed by atoms with Crippen molar-refractivity contribution in [2.45, 2.75) is 78.6 Å². The number of benzene rings is 1. The molecule has 1 aromatic carbocycles. The van der Waals surface area contributed by atoms with E-state index in [4.69, 9.17) is 9.47 Å². The van der Waals surface area contributed by atoms with Crippen LogP contribution in [-0.2, 0) is 22.6 Å². The molecule has 0 atom stereocenters. The molecule has 1 aliphatic carbocycles. The smallest absolute Gasteiger partial charge is 0.253 e. The molecule has 0 unspecified atom stereocenters. The van der Waals surface area contributed by atoms with Crippen LogP contribution in [-0.4, -0.2) is 73.6 Å². The number of aliphatic hydroxyl groups excluding tert-OH is 1. The van der Waals surface area contributed by atoms with Crippen LogP contribution in [0.2, 0.25) is 0 Å². The zero-order chi connectivity index (χ0) is 28.5. The maximum absolute atomic E-state index is 13.5. The average Bonchev–Trinajstić information content (AvgIpc) is 2.91. The molecule has 0 aliphatic heterocycles. The molecule has 216 valence electrons. The maximum Gasteiger partial charge on any atom is 0.253 e. The Morgan fingerprint density at radius 3 is 2.44 bits per heavy atom. The van der Waals surface area contributed by atoms with Crippen molar-refractivity contribution in [1.82, 2.24) is 15.2 Å². The number of likely N-dealkylation sites (N-methyl/N-ethyl adjacent to an activating group) is 1. The van der Waals surface area contributed by atoms with Crippen molar-refractivity contribution in [2.75, 3.05) is 45.5 Å². The number of ether oxygens (including phenoxy) is 2. The number of carbonyl (C=O) groups is 1. The zero-order valence-electron chi connectivity index (χ0n) is 24.4. The number of anilines is 1. The molecule has 2 aromatic rings. The predicted octanol–water partition coefficient (Wildman–Crippen LogP) is 3.41. The van der Waals surface area contributed by atoms with Gasteiger partial charge in [-0.15, -0.1) is 0 Å². The number of rotatable bonds is 13. The first kappa shape index (κ1) is 30.8. The van der Waals surface area contributed by atoms with Gasteiger partial charge in [0.15, 0.2) is 0 Å². The first-order valence-electron chi connectivity index (χ1n) is 14.0. The van der Waals surface area contributed by atoms with E-state index in [-0.39, 0.29) is 24.6 Å². The number of methoxy groups -OCH3 is 1. The molecule has 1 amide bonds. The van der Waals surface area contributed by atoms with Crippen molar-refractivity contribution >= 4 is 11.6 Å². The third-order valence-corrected chi connectivity index (χ3v) is 7.99. The lowest BCUT2D eigenvalue weighted by atomic mass is 9.88. The van der Waals surface area contributed by atoms with Gasteiger partial charge in [-0.05, 0) is 95.3 Å². The number of H-pyrrole nitrogens is 1. The number of pyridine rings is 1.